The highest BCUT2D eigenvalue weighted by molar-refractivity contribution is 5.76. The van der Waals surface area contributed by atoms with Gasteiger partial charge in [-0.3, -0.25) is 9.69 Å². The van der Waals surface area contributed by atoms with E-state index in [-0.39, 0.29) is 23.6 Å². The lowest BCUT2D eigenvalue weighted by atomic mass is 9.93. The van der Waals surface area contributed by atoms with Crippen LogP contribution in [0.5, 0.6) is 0 Å². The average molecular weight is 271 g/mol. The monoisotopic (exact) mass is 271 g/mol. The summed E-state index contributed by atoms with van der Waals surface area (Å²) < 4.78 is 5.59. The average Bonchev–Trinajstić information content (AvgIpc) is 2.35. The first kappa shape index (κ1) is 16.4. The van der Waals surface area contributed by atoms with E-state index in [1.54, 1.807) is 7.11 Å². The van der Waals surface area contributed by atoms with Crippen molar-refractivity contribution in [1.29, 1.82) is 0 Å². The molecule has 5 heteroatoms. The number of ether oxygens (including phenoxy) is 1. The van der Waals surface area contributed by atoms with Gasteiger partial charge in [-0.05, 0) is 40.2 Å². The van der Waals surface area contributed by atoms with Crippen molar-refractivity contribution in [3.63, 3.8) is 0 Å². The Kier molecular flexibility index (Phi) is 6.23. The number of methoxy groups -OCH3 is 1. The van der Waals surface area contributed by atoms with Gasteiger partial charge in [-0.2, -0.15) is 0 Å². The van der Waals surface area contributed by atoms with Crippen LogP contribution in [-0.2, 0) is 9.53 Å². The number of hydrogen-bond acceptors (Lipinski definition) is 4. The molecule has 0 aromatic carbocycles. The van der Waals surface area contributed by atoms with Gasteiger partial charge in [-0.15, -0.1) is 0 Å². The highest BCUT2D eigenvalue weighted by Gasteiger charge is 2.34. The van der Waals surface area contributed by atoms with Crippen molar-refractivity contribution in [3.8, 4) is 0 Å². The highest BCUT2D eigenvalue weighted by Crippen LogP contribution is 2.25. The minimum Gasteiger partial charge on any atom is -0.377 e. The summed E-state index contributed by atoms with van der Waals surface area (Å²) >= 11 is 0. The van der Waals surface area contributed by atoms with E-state index >= 15 is 0 Å². The molecule has 2 atom stereocenters. The van der Waals surface area contributed by atoms with E-state index in [1.165, 1.54) is 0 Å². The van der Waals surface area contributed by atoms with Crippen LogP contribution in [0.4, 0.5) is 0 Å². The van der Waals surface area contributed by atoms with Gasteiger partial charge >= 0.3 is 0 Å². The summed E-state index contributed by atoms with van der Waals surface area (Å²) in [6.45, 7) is 8.42. The highest BCUT2D eigenvalue weighted by atomic mass is 16.5. The Morgan fingerprint density at radius 2 is 2.21 bits per heavy atom. The number of piperidine rings is 1. The number of nitrogens with two attached hydrogens (primary N) is 1. The minimum absolute atomic E-state index is 0.0788. The Hall–Kier alpha value is -0.650. The van der Waals surface area contributed by atoms with E-state index in [4.69, 9.17) is 10.5 Å². The van der Waals surface area contributed by atoms with E-state index in [2.05, 4.69) is 17.1 Å². The van der Waals surface area contributed by atoms with Crippen LogP contribution in [0.25, 0.3) is 0 Å². The number of nitrogens with one attached hydrogen (secondary N) is 1. The van der Waals surface area contributed by atoms with Crippen molar-refractivity contribution in [2.24, 2.45) is 5.73 Å². The maximum absolute atomic E-state index is 11.9. The third-order valence-corrected chi connectivity index (χ3v) is 3.84. The van der Waals surface area contributed by atoms with Crippen LogP contribution in [-0.4, -0.2) is 55.2 Å². The number of rotatable bonds is 6. The molecular weight excluding hydrogens is 242 g/mol. The predicted molar refractivity (Wildman–Crippen MR) is 77.0 cm³/mol. The first-order chi connectivity index (χ1) is 8.90. The first-order valence-electron chi connectivity index (χ1n) is 7.19. The normalized spacial score (nSPS) is 26.4. The summed E-state index contributed by atoms with van der Waals surface area (Å²) in [6.07, 6.45) is 2.62. The molecule has 1 saturated heterocycles. The molecule has 0 radical (unpaired) electrons. The molecule has 1 aliphatic heterocycles. The van der Waals surface area contributed by atoms with Crippen molar-refractivity contribution < 1.29 is 9.53 Å². The van der Waals surface area contributed by atoms with Gasteiger partial charge in [0.2, 0.25) is 5.91 Å². The minimum atomic E-state index is -0.111. The predicted octanol–water partition coefficient (Wildman–Crippen LogP) is 0.729. The molecule has 1 aliphatic rings. The van der Waals surface area contributed by atoms with E-state index in [1.807, 2.05) is 13.8 Å². The van der Waals surface area contributed by atoms with Crippen LogP contribution in [0.3, 0.4) is 0 Å². The van der Waals surface area contributed by atoms with Gasteiger partial charge in [0, 0.05) is 38.7 Å². The zero-order valence-corrected chi connectivity index (χ0v) is 12.7. The first-order valence-corrected chi connectivity index (χ1v) is 7.19. The fourth-order valence-electron chi connectivity index (χ4n) is 2.68. The topological polar surface area (TPSA) is 67.6 Å². The van der Waals surface area contributed by atoms with Crippen LogP contribution in [0.15, 0.2) is 0 Å². The Bertz CT molecular complexity index is 296. The van der Waals surface area contributed by atoms with Crippen LogP contribution in [0.2, 0.25) is 0 Å². The van der Waals surface area contributed by atoms with E-state index < -0.39 is 0 Å². The van der Waals surface area contributed by atoms with Crippen molar-refractivity contribution in [2.45, 2.75) is 57.7 Å². The molecule has 112 valence electrons. The van der Waals surface area contributed by atoms with Gasteiger partial charge in [-0.1, -0.05) is 0 Å². The van der Waals surface area contributed by atoms with Crippen molar-refractivity contribution >= 4 is 5.91 Å². The van der Waals surface area contributed by atoms with Gasteiger partial charge in [0.25, 0.3) is 0 Å². The van der Waals surface area contributed by atoms with Gasteiger partial charge in [0.15, 0.2) is 0 Å². The fraction of sp³-hybridized carbons (Fsp3) is 0.929. The number of carbonyl (C=O) groups excluding carboxylic acids is 1. The summed E-state index contributed by atoms with van der Waals surface area (Å²) in [5.41, 5.74) is 5.74. The maximum atomic E-state index is 11.9. The third-order valence-electron chi connectivity index (χ3n) is 3.84. The number of nitrogens with zero attached hydrogens (tertiary/aromatic N) is 1. The second kappa shape index (κ2) is 7.22. The molecule has 3 N–H and O–H groups in total. The SMILES string of the molecule is COC1(C)CCCN(C(CN)CC(=O)NC(C)C)C1. The van der Waals surface area contributed by atoms with Gasteiger partial charge in [-0.25, -0.2) is 0 Å². The Labute approximate surface area is 116 Å². The summed E-state index contributed by atoms with van der Waals surface area (Å²) in [5.74, 6) is 0.0788. The van der Waals surface area contributed by atoms with Gasteiger partial charge in [0.05, 0.1) is 5.60 Å². The number of amides is 1. The summed E-state index contributed by atoms with van der Waals surface area (Å²) in [4.78, 5) is 14.2. The Morgan fingerprint density at radius 1 is 1.53 bits per heavy atom. The lowest BCUT2D eigenvalue weighted by Crippen LogP contribution is -2.54. The van der Waals surface area contributed by atoms with Crippen molar-refractivity contribution in [2.75, 3.05) is 26.7 Å². The van der Waals surface area contributed by atoms with Crippen LogP contribution >= 0.6 is 0 Å². The molecule has 0 saturated carbocycles. The smallest absolute Gasteiger partial charge is 0.221 e. The molecule has 0 bridgehead atoms. The molecule has 19 heavy (non-hydrogen) atoms. The largest absolute Gasteiger partial charge is 0.377 e. The zero-order valence-electron chi connectivity index (χ0n) is 12.7. The lowest BCUT2D eigenvalue weighted by molar-refractivity contribution is -0.123. The van der Waals surface area contributed by atoms with E-state index in [0.717, 1.165) is 25.9 Å². The number of carbonyl (C=O) groups is 1. The molecule has 1 heterocycles. The van der Waals surface area contributed by atoms with Gasteiger partial charge < -0.3 is 15.8 Å². The molecule has 1 amide bonds. The summed E-state index contributed by atoms with van der Waals surface area (Å²) in [7, 11) is 1.76. The van der Waals surface area contributed by atoms with Crippen LogP contribution in [0, 0.1) is 0 Å². The standard InChI is InChI=1S/C14H29N3O2/c1-11(2)16-13(18)8-12(9-15)17-7-5-6-14(3,10-17)19-4/h11-12H,5-10,15H2,1-4H3,(H,16,18). The van der Waals surface area contributed by atoms with Crippen LogP contribution in [0.1, 0.15) is 40.0 Å². The second-order valence-electron chi connectivity index (χ2n) is 6.04. The quantitative estimate of drug-likeness (QED) is 0.747. The molecule has 0 aliphatic carbocycles. The van der Waals surface area contributed by atoms with Crippen molar-refractivity contribution in [1.82, 2.24) is 10.2 Å². The molecular formula is C14H29N3O2. The zero-order chi connectivity index (χ0) is 14.5. The Balaban J connectivity index is 2.56. The van der Waals surface area contributed by atoms with Gasteiger partial charge in [0.1, 0.15) is 0 Å². The lowest BCUT2D eigenvalue weighted by Gasteiger charge is -2.42. The molecule has 1 fully saturated rings. The maximum Gasteiger partial charge on any atom is 0.221 e. The molecule has 0 aromatic heterocycles. The molecule has 1 rings (SSSR count). The Morgan fingerprint density at radius 3 is 2.74 bits per heavy atom. The fourth-order valence-corrected chi connectivity index (χ4v) is 2.68. The number of likely N-dealkylation sites (tertiary alicyclic amines) is 1. The summed E-state index contributed by atoms with van der Waals surface area (Å²) in [5, 5.41) is 2.93. The van der Waals surface area contributed by atoms with Crippen molar-refractivity contribution in [3.05, 3.63) is 0 Å². The second-order valence-corrected chi connectivity index (χ2v) is 6.04. The summed E-state index contributed by atoms with van der Waals surface area (Å²) in [6, 6.07) is 0.282. The third kappa shape index (κ3) is 5.09. The molecule has 0 spiro atoms. The molecule has 5 nitrogen and oxygen atoms in total. The van der Waals surface area contributed by atoms with E-state index in [9.17, 15) is 4.79 Å². The van der Waals surface area contributed by atoms with E-state index in [0.29, 0.717) is 13.0 Å². The number of hydrogen-bond donors (Lipinski definition) is 2. The molecule has 2 unspecified atom stereocenters. The van der Waals surface area contributed by atoms with Crippen LogP contribution < -0.4 is 11.1 Å². The molecule has 0 aromatic rings.